The fourth-order valence-corrected chi connectivity index (χ4v) is 3.49. The molecule has 0 saturated heterocycles. The molecule has 0 aliphatic carbocycles. The van der Waals surface area contributed by atoms with Gasteiger partial charge < -0.3 is 28.4 Å². The van der Waals surface area contributed by atoms with Crippen LogP contribution >= 0.6 is 0 Å². The van der Waals surface area contributed by atoms with E-state index in [2.05, 4.69) is 0 Å². The molecule has 12 nitrogen and oxygen atoms in total. The normalized spacial score (nSPS) is 13.4. The molecule has 0 amide bonds. The second kappa shape index (κ2) is 15.6. The number of carbonyl (C=O) groups is 6. The van der Waals surface area contributed by atoms with Crippen LogP contribution in [0.2, 0.25) is 0 Å². The first kappa shape index (κ1) is 31.5. The van der Waals surface area contributed by atoms with Gasteiger partial charge in [0.25, 0.3) is 0 Å². The predicted octanol–water partition coefficient (Wildman–Crippen LogP) is 2.43. The maximum atomic E-state index is 13.0. The molecule has 214 valence electrons. The van der Waals surface area contributed by atoms with E-state index in [0.29, 0.717) is 0 Å². The zero-order valence-electron chi connectivity index (χ0n) is 22.4. The van der Waals surface area contributed by atoms with Crippen LogP contribution in [0.25, 0.3) is 0 Å². The van der Waals surface area contributed by atoms with Crippen molar-refractivity contribution >= 4 is 35.8 Å². The summed E-state index contributed by atoms with van der Waals surface area (Å²) in [5, 5.41) is 0. The summed E-state index contributed by atoms with van der Waals surface area (Å²) in [7, 11) is 0. The first-order valence-corrected chi connectivity index (χ1v) is 12.1. The summed E-state index contributed by atoms with van der Waals surface area (Å²) >= 11 is 0. The highest BCUT2D eigenvalue weighted by molar-refractivity contribution is 5.90. The summed E-state index contributed by atoms with van der Waals surface area (Å²) in [6, 6.07) is 15.7. The molecular weight excluding hydrogens is 528 g/mol. The lowest BCUT2D eigenvalue weighted by atomic mass is 10.0. The average molecular weight is 559 g/mol. The maximum absolute atomic E-state index is 13.0. The third-order valence-corrected chi connectivity index (χ3v) is 5.09. The Morgan fingerprint density at radius 2 is 0.900 bits per heavy atom. The first-order chi connectivity index (χ1) is 19.0. The Kier molecular flexibility index (Phi) is 12.3. The Morgan fingerprint density at radius 3 is 1.32 bits per heavy atom. The van der Waals surface area contributed by atoms with Crippen molar-refractivity contribution in [3.8, 4) is 0 Å². The van der Waals surface area contributed by atoms with Crippen LogP contribution in [0.3, 0.4) is 0 Å². The van der Waals surface area contributed by atoms with Crippen molar-refractivity contribution in [3.63, 3.8) is 0 Å². The number of rotatable bonds is 13. The molecule has 0 saturated carbocycles. The zero-order valence-corrected chi connectivity index (χ0v) is 22.4. The molecule has 2 rings (SSSR count). The molecule has 0 spiro atoms. The van der Waals surface area contributed by atoms with Crippen LogP contribution in [0.4, 0.5) is 0 Å². The summed E-state index contributed by atoms with van der Waals surface area (Å²) < 4.78 is 31.9. The monoisotopic (exact) mass is 558 g/mol. The Labute approximate surface area is 230 Å². The molecule has 0 aliphatic heterocycles. The van der Waals surface area contributed by atoms with Gasteiger partial charge in [-0.3, -0.25) is 19.2 Å². The van der Waals surface area contributed by atoms with Gasteiger partial charge in [0.2, 0.25) is 0 Å². The minimum absolute atomic E-state index is 0.115. The Balaban J connectivity index is 2.52. The van der Waals surface area contributed by atoms with E-state index in [1.165, 1.54) is 24.3 Å². The third-order valence-electron chi connectivity index (χ3n) is 5.09. The third kappa shape index (κ3) is 10.6. The van der Waals surface area contributed by atoms with Crippen molar-refractivity contribution in [2.45, 2.75) is 52.1 Å². The Morgan fingerprint density at radius 1 is 0.500 bits per heavy atom. The summed E-state index contributed by atoms with van der Waals surface area (Å²) in [5.41, 5.74) is 0.299. The van der Waals surface area contributed by atoms with E-state index >= 15 is 0 Å². The summed E-state index contributed by atoms with van der Waals surface area (Å²) in [4.78, 5) is 73.3. The molecule has 40 heavy (non-hydrogen) atoms. The van der Waals surface area contributed by atoms with Crippen LogP contribution in [-0.2, 0) is 47.6 Å². The molecule has 0 aromatic heterocycles. The first-order valence-electron chi connectivity index (χ1n) is 12.1. The molecule has 12 heteroatoms. The molecule has 0 aliphatic rings. The predicted molar refractivity (Wildman–Crippen MR) is 136 cm³/mol. The van der Waals surface area contributed by atoms with Gasteiger partial charge >= 0.3 is 35.8 Å². The van der Waals surface area contributed by atoms with E-state index in [9.17, 15) is 28.8 Å². The molecule has 0 fully saturated rings. The number of esters is 6. The molecule has 0 radical (unpaired) electrons. The van der Waals surface area contributed by atoms with Crippen molar-refractivity contribution in [3.05, 3.63) is 71.8 Å². The van der Waals surface area contributed by atoms with Crippen LogP contribution < -0.4 is 0 Å². The molecule has 2 aromatic rings. The highest BCUT2D eigenvalue weighted by atomic mass is 16.6. The van der Waals surface area contributed by atoms with E-state index < -0.39 is 73.4 Å². The van der Waals surface area contributed by atoms with Gasteiger partial charge in [-0.2, -0.15) is 0 Å². The van der Waals surface area contributed by atoms with Crippen molar-refractivity contribution in [1.82, 2.24) is 0 Å². The van der Waals surface area contributed by atoms with Gasteiger partial charge in [0, 0.05) is 27.7 Å². The van der Waals surface area contributed by atoms with E-state index in [0.717, 1.165) is 27.7 Å². The minimum atomic E-state index is -1.68. The Bertz CT molecular complexity index is 1180. The van der Waals surface area contributed by atoms with Crippen molar-refractivity contribution in [2.24, 2.45) is 0 Å². The highest BCUT2D eigenvalue weighted by Crippen LogP contribution is 2.22. The van der Waals surface area contributed by atoms with Gasteiger partial charge in [0.05, 0.1) is 11.1 Å². The van der Waals surface area contributed by atoms with Crippen molar-refractivity contribution in [2.75, 3.05) is 13.2 Å². The fraction of sp³-hybridized carbons (Fsp3) is 0.357. The number of benzene rings is 2. The van der Waals surface area contributed by atoms with Gasteiger partial charge in [-0.1, -0.05) is 36.4 Å². The topological polar surface area (TPSA) is 158 Å². The average Bonchev–Trinajstić information content (AvgIpc) is 2.91. The molecule has 0 N–H and O–H groups in total. The van der Waals surface area contributed by atoms with Gasteiger partial charge in [-0.05, 0) is 24.3 Å². The van der Waals surface area contributed by atoms with Crippen LogP contribution in [0.15, 0.2) is 60.7 Å². The van der Waals surface area contributed by atoms with Crippen molar-refractivity contribution < 1.29 is 57.2 Å². The van der Waals surface area contributed by atoms with Crippen LogP contribution in [0.5, 0.6) is 0 Å². The molecule has 0 bridgehead atoms. The maximum Gasteiger partial charge on any atom is 0.338 e. The van der Waals surface area contributed by atoms with Gasteiger partial charge in [-0.15, -0.1) is 0 Å². The molecular formula is C28H30O12. The van der Waals surface area contributed by atoms with Gasteiger partial charge in [-0.25, -0.2) is 9.59 Å². The van der Waals surface area contributed by atoms with E-state index in [1.807, 2.05) is 0 Å². The van der Waals surface area contributed by atoms with Gasteiger partial charge in [0.1, 0.15) is 13.2 Å². The molecule has 4 atom stereocenters. The van der Waals surface area contributed by atoms with Crippen molar-refractivity contribution in [1.29, 1.82) is 0 Å². The Hall–Kier alpha value is -4.74. The lowest BCUT2D eigenvalue weighted by Crippen LogP contribution is -2.54. The van der Waals surface area contributed by atoms with E-state index in [-0.39, 0.29) is 11.1 Å². The second-order valence-corrected chi connectivity index (χ2v) is 8.37. The van der Waals surface area contributed by atoms with Crippen LogP contribution in [0.1, 0.15) is 48.4 Å². The summed E-state index contributed by atoms with van der Waals surface area (Å²) in [6.45, 7) is 2.96. The minimum Gasteiger partial charge on any atom is -0.462 e. The molecule has 0 heterocycles. The number of carbonyl (C=O) groups excluding carboxylic acids is 6. The number of hydrogen-bond acceptors (Lipinski definition) is 12. The fourth-order valence-electron chi connectivity index (χ4n) is 3.49. The lowest BCUT2D eigenvalue weighted by molar-refractivity contribution is -0.200. The zero-order chi connectivity index (χ0) is 29.7. The smallest absolute Gasteiger partial charge is 0.338 e. The number of hydrogen-bond donors (Lipinski definition) is 0. The van der Waals surface area contributed by atoms with Gasteiger partial charge in [0.15, 0.2) is 24.4 Å². The summed E-state index contributed by atoms with van der Waals surface area (Å²) in [5.74, 6) is -5.05. The standard InChI is InChI=1S/C28H30O12/c1-17(29)35-15-23(37-18(2)30)25(38-19(3)31)26(39-20(4)32)24(40-28(34)22-13-9-6-10-14-22)16-36-27(33)21-11-7-5-8-12-21/h5-14,23-26H,15-16H2,1-4H3/t23-,24+,25-,26+/m0/s1. The molecule has 2 aromatic carbocycles. The summed E-state index contributed by atoms with van der Waals surface area (Å²) in [6.07, 6.45) is -6.42. The quantitative estimate of drug-likeness (QED) is 0.262. The highest BCUT2D eigenvalue weighted by Gasteiger charge is 2.44. The SMILES string of the molecule is CC(=O)OC[C@H](OC(C)=O)[C@H](OC(C)=O)[C@H](OC(C)=O)[C@@H](COC(=O)c1ccccc1)OC(=O)c1ccccc1. The second-order valence-electron chi connectivity index (χ2n) is 8.37. The van der Waals surface area contributed by atoms with E-state index in [1.54, 1.807) is 36.4 Å². The lowest BCUT2D eigenvalue weighted by Gasteiger charge is -2.35. The molecule has 0 unspecified atom stereocenters. The van der Waals surface area contributed by atoms with Crippen LogP contribution in [0, 0.1) is 0 Å². The largest absolute Gasteiger partial charge is 0.462 e. The van der Waals surface area contributed by atoms with E-state index in [4.69, 9.17) is 28.4 Å². The van der Waals surface area contributed by atoms with Crippen LogP contribution in [-0.4, -0.2) is 73.4 Å². The number of ether oxygens (including phenoxy) is 6.